The smallest absolute Gasteiger partial charge is 0.410 e. The fourth-order valence-corrected chi connectivity index (χ4v) is 4.65. The number of carbonyl (C=O) groups excluding carboxylic acids is 1. The summed E-state index contributed by atoms with van der Waals surface area (Å²) in [6, 6.07) is 7.21. The van der Waals surface area contributed by atoms with Gasteiger partial charge in [-0.25, -0.2) is 23.8 Å². The Hall–Kier alpha value is -2.88. The minimum atomic E-state index is -2.74. The Labute approximate surface area is 188 Å². The van der Waals surface area contributed by atoms with Crippen molar-refractivity contribution >= 4 is 27.3 Å². The van der Waals surface area contributed by atoms with Gasteiger partial charge in [-0.05, 0) is 44.5 Å². The zero-order valence-corrected chi connectivity index (χ0v) is 19.4. The van der Waals surface area contributed by atoms with E-state index in [1.165, 1.54) is 12.6 Å². The van der Waals surface area contributed by atoms with Crippen LogP contribution in [0.4, 0.5) is 16.3 Å². The van der Waals surface area contributed by atoms with E-state index < -0.39 is 9.73 Å². The molecular weight excluding hydrogens is 430 g/mol. The number of aromatic nitrogens is 2. The van der Waals surface area contributed by atoms with Crippen LogP contribution in [0.1, 0.15) is 32.3 Å². The molecule has 0 spiro atoms. The first-order valence-corrected chi connectivity index (χ1v) is 12.8. The Bertz CT molecular complexity index is 1080. The van der Waals surface area contributed by atoms with Crippen molar-refractivity contribution in [1.82, 2.24) is 14.9 Å². The van der Waals surface area contributed by atoms with E-state index in [4.69, 9.17) is 14.3 Å². The second-order valence-corrected chi connectivity index (χ2v) is 10.6. The van der Waals surface area contributed by atoms with Crippen molar-refractivity contribution in [3.63, 3.8) is 0 Å². The number of carbonyl (C=O) groups is 1. The van der Waals surface area contributed by atoms with Gasteiger partial charge in [-0.3, -0.25) is 0 Å². The summed E-state index contributed by atoms with van der Waals surface area (Å²) in [5.41, 5.74) is 1.90. The highest BCUT2D eigenvalue weighted by atomic mass is 32.2. The number of rotatable bonds is 5. The highest BCUT2D eigenvalue weighted by molar-refractivity contribution is 7.91. The Kier molecular flexibility index (Phi) is 6.23. The molecule has 10 heteroatoms. The predicted octanol–water partition coefficient (Wildman–Crippen LogP) is 3.59. The highest BCUT2D eigenvalue weighted by Gasteiger charge is 2.30. The van der Waals surface area contributed by atoms with Crippen LogP contribution in [-0.4, -0.2) is 63.3 Å². The lowest BCUT2D eigenvalue weighted by molar-refractivity contribution is 0.0505. The number of hydrogen-bond donors (Lipinski definition) is 1. The third-order valence-electron chi connectivity index (χ3n) is 5.64. The Morgan fingerprint density at radius 1 is 1.16 bits per heavy atom. The normalized spacial score (nSPS) is 18.4. The molecule has 1 amide bonds. The first-order chi connectivity index (χ1) is 15.2. The minimum absolute atomic E-state index is 0.0137. The van der Waals surface area contributed by atoms with Crippen LogP contribution in [0.25, 0.3) is 0 Å². The molecule has 172 valence electrons. The quantitative estimate of drug-likeness (QED) is 0.728. The van der Waals surface area contributed by atoms with E-state index in [-0.39, 0.29) is 18.3 Å². The van der Waals surface area contributed by atoms with Crippen molar-refractivity contribution in [3.8, 4) is 5.88 Å². The molecular formula is C22H29N5O4S. The molecule has 4 rings (SSSR count). The summed E-state index contributed by atoms with van der Waals surface area (Å²) in [7, 11) is -2.74. The molecule has 0 aliphatic carbocycles. The molecule has 1 aromatic heterocycles. The molecule has 2 aliphatic heterocycles. The average Bonchev–Trinajstić information content (AvgIpc) is 3.18. The number of fused-ring (bicyclic) bond motifs is 1. The van der Waals surface area contributed by atoms with Gasteiger partial charge in [0.2, 0.25) is 5.88 Å². The van der Waals surface area contributed by atoms with Gasteiger partial charge in [0.25, 0.3) is 0 Å². The molecule has 0 saturated carbocycles. The minimum Gasteiger partial charge on any atom is -0.474 e. The monoisotopic (exact) mass is 459 g/mol. The lowest BCUT2D eigenvalue weighted by atomic mass is 10.1. The topological polar surface area (TPSA) is 109 Å². The zero-order chi connectivity index (χ0) is 22.9. The summed E-state index contributed by atoms with van der Waals surface area (Å²) in [6.45, 7) is 5.62. The van der Waals surface area contributed by atoms with Crippen LogP contribution in [0.15, 0.2) is 35.5 Å². The van der Waals surface area contributed by atoms with Crippen LogP contribution >= 0.6 is 0 Å². The molecule has 1 fully saturated rings. The Balaban J connectivity index is 1.43. The zero-order valence-electron chi connectivity index (χ0n) is 18.6. The van der Waals surface area contributed by atoms with Gasteiger partial charge in [0.15, 0.2) is 0 Å². The summed E-state index contributed by atoms with van der Waals surface area (Å²) in [5, 5.41) is 0. The number of anilines is 2. The van der Waals surface area contributed by atoms with E-state index >= 15 is 0 Å². The first kappa shape index (κ1) is 22.3. The van der Waals surface area contributed by atoms with Gasteiger partial charge in [0, 0.05) is 49.3 Å². The molecule has 9 nitrogen and oxygen atoms in total. The summed E-state index contributed by atoms with van der Waals surface area (Å²) < 4.78 is 31.2. The van der Waals surface area contributed by atoms with Gasteiger partial charge < -0.3 is 19.3 Å². The molecule has 0 bridgehead atoms. The van der Waals surface area contributed by atoms with E-state index in [0.717, 1.165) is 42.9 Å². The second-order valence-electron chi connectivity index (χ2n) is 8.46. The van der Waals surface area contributed by atoms with Gasteiger partial charge >= 0.3 is 6.09 Å². The number of piperidine rings is 1. The number of likely N-dealkylation sites (tertiary alicyclic amines) is 1. The standard InChI is InChI=1S/C22H29N5O4S/c1-15(2)30-22(28)26-11-8-17(9-12-26)31-21-19-10-13-27(20(19)24-14-25-21)16-4-6-18(7-5-16)32(3,23)29/h4-7,14-15,17,23H,8-13H2,1-3H3/t32-/m1/s1. The van der Waals surface area contributed by atoms with Crippen molar-refractivity contribution in [2.24, 2.45) is 0 Å². The molecule has 3 heterocycles. The Morgan fingerprint density at radius 2 is 1.84 bits per heavy atom. The number of benzene rings is 1. The van der Waals surface area contributed by atoms with Gasteiger partial charge in [0.1, 0.15) is 18.2 Å². The molecule has 2 aromatic rings. The first-order valence-electron chi connectivity index (χ1n) is 10.8. The van der Waals surface area contributed by atoms with Gasteiger partial charge in [-0.2, -0.15) is 0 Å². The predicted molar refractivity (Wildman–Crippen MR) is 121 cm³/mol. The van der Waals surface area contributed by atoms with Crippen LogP contribution < -0.4 is 9.64 Å². The van der Waals surface area contributed by atoms with Crippen LogP contribution in [-0.2, 0) is 20.9 Å². The molecule has 2 aliphatic rings. The number of ether oxygens (including phenoxy) is 2. The van der Waals surface area contributed by atoms with Crippen LogP contribution in [0.2, 0.25) is 0 Å². The van der Waals surface area contributed by atoms with E-state index in [2.05, 4.69) is 14.9 Å². The molecule has 0 unspecified atom stereocenters. The fourth-order valence-electron chi connectivity index (χ4n) is 4.00. The van der Waals surface area contributed by atoms with E-state index in [9.17, 15) is 9.00 Å². The van der Waals surface area contributed by atoms with Crippen molar-refractivity contribution < 1.29 is 18.5 Å². The van der Waals surface area contributed by atoms with Crippen molar-refractivity contribution in [2.75, 3.05) is 30.8 Å². The number of nitrogens with one attached hydrogen (secondary N) is 1. The summed E-state index contributed by atoms with van der Waals surface area (Å²) in [5.74, 6) is 1.41. The maximum absolute atomic E-state index is 12.1. The average molecular weight is 460 g/mol. The molecule has 0 radical (unpaired) electrons. The van der Waals surface area contributed by atoms with Crippen molar-refractivity contribution in [3.05, 3.63) is 36.2 Å². The second kappa shape index (κ2) is 8.93. The van der Waals surface area contributed by atoms with Crippen LogP contribution in [0.5, 0.6) is 5.88 Å². The highest BCUT2D eigenvalue weighted by Crippen LogP contribution is 2.37. The molecule has 1 atom stereocenters. The van der Waals surface area contributed by atoms with Crippen molar-refractivity contribution in [1.29, 1.82) is 4.78 Å². The fraction of sp³-hybridized carbons (Fsp3) is 0.500. The van der Waals surface area contributed by atoms with E-state index in [1.807, 2.05) is 26.0 Å². The van der Waals surface area contributed by atoms with Gasteiger partial charge in [-0.15, -0.1) is 0 Å². The lowest BCUT2D eigenvalue weighted by Gasteiger charge is -2.32. The lowest BCUT2D eigenvalue weighted by Crippen LogP contribution is -2.42. The number of hydrogen-bond acceptors (Lipinski definition) is 8. The molecule has 1 aromatic carbocycles. The van der Waals surface area contributed by atoms with E-state index in [1.54, 1.807) is 17.0 Å². The molecule has 1 N–H and O–H groups in total. The van der Waals surface area contributed by atoms with Crippen LogP contribution in [0.3, 0.4) is 0 Å². The molecule has 32 heavy (non-hydrogen) atoms. The van der Waals surface area contributed by atoms with Crippen LogP contribution in [0, 0.1) is 4.78 Å². The maximum atomic E-state index is 12.1. The SMILES string of the molecule is CC(C)OC(=O)N1CCC(Oc2ncnc3c2CCN3c2ccc([S@](C)(=N)=O)cc2)CC1. The third kappa shape index (κ3) is 4.79. The van der Waals surface area contributed by atoms with Gasteiger partial charge in [0.05, 0.1) is 21.4 Å². The summed E-state index contributed by atoms with van der Waals surface area (Å²) in [6.07, 6.45) is 4.72. The Morgan fingerprint density at radius 3 is 2.47 bits per heavy atom. The van der Waals surface area contributed by atoms with E-state index in [0.29, 0.717) is 23.9 Å². The number of nitrogens with zero attached hydrogens (tertiary/aromatic N) is 4. The maximum Gasteiger partial charge on any atom is 0.410 e. The largest absolute Gasteiger partial charge is 0.474 e. The van der Waals surface area contributed by atoms with Gasteiger partial charge in [-0.1, -0.05) is 0 Å². The molecule has 1 saturated heterocycles. The van der Waals surface area contributed by atoms with Crippen molar-refractivity contribution in [2.45, 2.75) is 50.2 Å². The third-order valence-corrected chi connectivity index (χ3v) is 6.81. The summed E-state index contributed by atoms with van der Waals surface area (Å²) >= 11 is 0. The summed E-state index contributed by atoms with van der Waals surface area (Å²) in [4.78, 5) is 25.3. The number of amides is 1.